The fourth-order valence-electron chi connectivity index (χ4n) is 2.94. The largest absolute Gasteiger partial charge is 0.326 e. The molecule has 102 valence electrons. The van der Waals surface area contributed by atoms with E-state index in [0.29, 0.717) is 0 Å². The van der Waals surface area contributed by atoms with Crippen LogP contribution in [0.15, 0.2) is 48.3 Å². The van der Waals surface area contributed by atoms with Gasteiger partial charge in [0.1, 0.15) is 0 Å². The third-order valence-electron chi connectivity index (χ3n) is 3.73. The lowest BCUT2D eigenvalue weighted by atomic mass is 10.1. The first kappa shape index (κ1) is 12.9. The predicted molar refractivity (Wildman–Crippen MR) is 80.9 cm³/mol. The number of aromatic nitrogens is 2. The summed E-state index contributed by atoms with van der Waals surface area (Å²) in [7, 11) is 0. The number of rotatable bonds is 3. The summed E-state index contributed by atoms with van der Waals surface area (Å²) in [6.07, 6.45) is 15.2. The van der Waals surface area contributed by atoms with E-state index in [4.69, 9.17) is 0 Å². The van der Waals surface area contributed by atoms with Gasteiger partial charge in [-0.1, -0.05) is 35.9 Å². The highest BCUT2D eigenvalue weighted by atomic mass is 15.1. The minimum atomic E-state index is 0.921. The maximum atomic E-state index is 3.42. The van der Waals surface area contributed by atoms with Crippen LogP contribution in [0.5, 0.6) is 0 Å². The molecule has 1 aliphatic carbocycles. The van der Waals surface area contributed by atoms with Crippen LogP contribution >= 0.6 is 0 Å². The number of imidazole rings is 1. The molecule has 0 aliphatic heterocycles. The van der Waals surface area contributed by atoms with Gasteiger partial charge in [-0.2, -0.15) is 0 Å². The van der Waals surface area contributed by atoms with Crippen molar-refractivity contribution in [2.75, 3.05) is 0 Å². The fraction of sp³-hybridized carbons (Fsp3) is 0.278. The fourth-order valence-corrected chi connectivity index (χ4v) is 2.94. The molecule has 1 aromatic heterocycles. The first-order valence-corrected chi connectivity index (χ1v) is 7.06. The van der Waals surface area contributed by atoms with Gasteiger partial charge in [0.25, 0.3) is 0 Å². The van der Waals surface area contributed by atoms with Gasteiger partial charge in [0, 0.05) is 12.4 Å². The Bertz CT molecular complexity index is 679. The zero-order chi connectivity index (χ0) is 14.1. The highest BCUT2D eigenvalue weighted by Gasteiger charge is 2.08. The Morgan fingerprint density at radius 3 is 2.60 bits per heavy atom. The van der Waals surface area contributed by atoms with Crippen molar-refractivity contribution in [2.24, 2.45) is 0 Å². The van der Waals surface area contributed by atoms with Crippen molar-refractivity contribution in [1.29, 1.82) is 0 Å². The molecular formula is C18H20N2. The lowest BCUT2D eigenvalue weighted by Crippen LogP contribution is -2.32. The lowest BCUT2D eigenvalue weighted by molar-refractivity contribution is -0.692. The zero-order valence-electron chi connectivity index (χ0n) is 12.4. The summed E-state index contributed by atoms with van der Waals surface area (Å²) in [5.74, 6) is 0. The first-order valence-electron chi connectivity index (χ1n) is 7.06. The van der Waals surface area contributed by atoms with Gasteiger partial charge < -0.3 is 9.13 Å². The Morgan fingerprint density at radius 1 is 1.20 bits per heavy atom. The Morgan fingerprint density at radius 2 is 1.95 bits per heavy atom. The number of aryl methyl sites for hydroxylation is 3. The van der Waals surface area contributed by atoms with Gasteiger partial charge in [-0.15, -0.1) is 0 Å². The topological polar surface area (TPSA) is 8.81 Å². The predicted octanol–water partition coefficient (Wildman–Crippen LogP) is 3.38. The van der Waals surface area contributed by atoms with E-state index in [1.807, 2.05) is 0 Å². The summed E-state index contributed by atoms with van der Waals surface area (Å²) >= 11 is 0. The highest BCUT2D eigenvalue weighted by molar-refractivity contribution is 5.48. The minimum absolute atomic E-state index is 0.921. The zero-order valence-corrected chi connectivity index (χ0v) is 12.4. The molecule has 0 unspecified atom stereocenters. The molecule has 2 aromatic rings. The van der Waals surface area contributed by atoms with E-state index in [1.54, 1.807) is 0 Å². The molecule has 0 saturated heterocycles. The molecule has 0 amide bonds. The van der Waals surface area contributed by atoms with Crippen molar-refractivity contribution in [3.05, 3.63) is 71.3 Å². The SMILES string of the molecule is Cc1cc(C)c(-n2[c-][n+](CC3=CC=CC3)cc2)c(C)c1. The summed E-state index contributed by atoms with van der Waals surface area (Å²) in [6, 6.07) is 4.45. The van der Waals surface area contributed by atoms with Crippen molar-refractivity contribution in [2.45, 2.75) is 33.7 Å². The molecule has 2 nitrogen and oxygen atoms in total. The molecule has 2 heteroatoms. The Kier molecular flexibility index (Phi) is 3.31. The van der Waals surface area contributed by atoms with Gasteiger partial charge in [0.05, 0.1) is 12.2 Å². The first-order chi connectivity index (χ1) is 9.63. The van der Waals surface area contributed by atoms with Crippen LogP contribution in [-0.2, 0) is 6.54 Å². The van der Waals surface area contributed by atoms with E-state index in [0.717, 1.165) is 13.0 Å². The molecule has 0 fully saturated rings. The maximum Gasteiger partial charge on any atom is 0.243 e. The number of hydrogen-bond donors (Lipinski definition) is 0. The van der Waals surface area contributed by atoms with Crippen molar-refractivity contribution in [3.8, 4) is 5.69 Å². The average molecular weight is 264 g/mol. The van der Waals surface area contributed by atoms with E-state index < -0.39 is 0 Å². The van der Waals surface area contributed by atoms with E-state index in [2.05, 4.69) is 79.0 Å². The van der Waals surface area contributed by atoms with Crippen LogP contribution in [-0.4, -0.2) is 4.57 Å². The summed E-state index contributed by atoms with van der Waals surface area (Å²) in [5.41, 5.74) is 6.58. The summed E-state index contributed by atoms with van der Waals surface area (Å²) in [4.78, 5) is 0. The minimum Gasteiger partial charge on any atom is -0.326 e. The molecule has 0 N–H and O–H groups in total. The molecule has 0 atom stereocenters. The Balaban J connectivity index is 1.90. The van der Waals surface area contributed by atoms with Crippen LogP contribution in [0.1, 0.15) is 23.1 Å². The second kappa shape index (κ2) is 5.12. The molecule has 1 heterocycles. The second-order valence-corrected chi connectivity index (χ2v) is 5.60. The number of benzene rings is 1. The van der Waals surface area contributed by atoms with Crippen molar-refractivity contribution in [3.63, 3.8) is 0 Å². The lowest BCUT2D eigenvalue weighted by Gasteiger charge is -2.12. The van der Waals surface area contributed by atoms with Gasteiger partial charge in [0.2, 0.25) is 6.33 Å². The van der Waals surface area contributed by atoms with E-state index >= 15 is 0 Å². The molecule has 1 aromatic carbocycles. The molecule has 0 bridgehead atoms. The molecule has 0 radical (unpaired) electrons. The Hall–Kier alpha value is -2.09. The van der Waals surface area contributed by atoms with Gasteiger partial charge in [-0.25, -0.2) is 0 Å². The standard InChI is InChI=1S/C18H20N2/c1-14-10-15(2)18(16(3)11-14)20-9-8-19(13-20)12-17-6-4-5-7-17/h4-6,8-11H,7,12H2,1-3H3. The van der Waals surface area contributed by atoms with E-state index in [1.165, 1.54) is 28.0 Å². The third-order valence-corrected chi connectivity index (χ3v) is 3.73. The number of nitrogens with zero attached hydrogens (tertiary/aromatic N) is 2. The third kappa shape index (κ3) is 2.46. The van der Waals surface area contributed by atoms with E-state index in [-0.39, 0.29) is 0 Å². The molecule has 3 rings (SSSR count). The quantitative estimate of drug-likeness (QED) is 0.593. The van der Waals surface area contributed by atoms with Crippen LogP contribution in [0.2, 0.25) is 0 Å². The van der Waals surface area contributed by atoms with Crippen LogP contribution in [0, 0.1) is 27.1 Å². The van der Waals surface area contributed by atoms with Crippen molar-refractivity contribution in [1.82, 2.24) is 4.57 Å². The van der Waals surface area contributed by atoms with Crippen LogP contribution in [0.4, 0.5) is 0 Å². The van der Waals surface area contributed by atoms with Gasteiger partial charge >= 0.3 is 0 Å². The van der Waals surface area contributed by atoms with Crippen molar-refractivity contribution < 1.29 is 4.57 Å². The molecular weight excluding hydrogens is 244 g/mol. The van der Waals surface area contributed by atoms with Crippen molar-refractivity contribution >= 4 is 0 Å². The van der Waals surface area contributed by atoms with Gasteiger partial charge in [-0.05, 0) is 43.9 Å². The van der Waals surface area contributed by atoms with Gasteiger partial charge in [-0.3, -0.25) is 0 Å². The number of hydrogen-bond acceptors (Lipinski definition) is 0. The van der Waals surface area contributed by atoms with Crippen LogP contribution in [0.25, 0.3) is 5.69 Å². The summed E-state index contributed by atoms with van der Waals surface area (Å²) in [5, 5.41) is 0. The molecule has 1 aliphatic rings. The van der Waals surface area contributed by atoms with Crippen LogP contribution < -0.4 is 4.57 Å². The average Bonchev–Trinajstić information content (AvgIpc) is 3.00. The second-order valence-electron chi connectivity index (χ2n) is 5.60. The van der Waals surface area contributed by atoms with Gasteiger partial charge in [0.15, 0.2) is 0 Å². The highest BCUT2D eigenvalue weighted by Crippen LogP contribution is 2.20. The van der Waals surface area contributed by atoms with E-state index in [9.17, 15) is 0 Å². The normalized spacial score (nSPS) is 13.8. The summed E-state index contributed by atoms with van der Waals surface area (Å²) in [6.45, 7) is 7.39. The molecule has 0 saturated carbocycles. The maximum absolute atomic E-state index is 3.42. The monoisotopic (exact) mass is 264 g/mol. The van der Waals surface area contributed by atoms with Crippen LogP contribution in [0.3, 0.4) is 0 Å². The summed E-state index contributed by atoms with van der Waals surface area (Å²) < 4.78 is 4.23. The Labute approximate surface area is 120 Å². The smallest absolute Gasteiger partial charge is 0.243 e. The number of allylic oxidation sites excluding steroid dienone is 4. The molecule has 20 heavy (non-hydrogen) atoms. The molecule has 0 spiro atoms.